The zero-order valence-electron chi connectivity index (χ0n) is 44.1. The summed E-state index contributed by atoms with van der Waals surface area (Å²) in [5.41, 5.74) is 6.65. The van der Waals surface area contributed by atoms with E-state index in [2.05, 4.69) is 87.1 Å². The third-order valence-electron chi connectivity index (χ3n) is 19.5. The summed E-state index contributed by atoms with van der Waals surface area (Å²) in [6.45, 7) is 12.0. The number of imidazole rings is 1. The van der Waals surface area contributed by atoms with Crippen LogP contribution in [0.5, 0.6) is 0 Å². The van der Waals surface area contributed by atoms with Gasteiger partial charge in [-0.1, -0.05) is 31.2 Å². The molecule has 8 fully saturated rings. The predicted molar refractivity (Wildman–Crippen MR) is 286 cm³/mol. The molecule has 13 rings (SSSR count). The van der Waals surface area contributed by atoms with Crippen LogP contribution < -0.4 is 20.4 Å². The molecule has 4 aromatic rings. The largest absolute Gasteiger partial charge is 0.378 e. The van der Waals surface area contributed by atoms with Gasteiger partial charge >= 0.3 is 0 Å². The predicted octanol–water partition coefficient (Wildman–Crippen LogP) is 7.31. The van der Waals surface area contributed by atoms with Crippen LogP contribution in [0.15, 0.2) is 54.9 Å². The van der Waals surface area contributed by atoms with Crippen molar-refractivity contribution in [2.24, 2.45) is 11.3 Å². The van der Waals surface area contributed by atoms with Crippen LogP contribution in [0.25, 0.3) is 22.3 Å². The molecule has 2 aromatic heterocycles. The third kappa shape index (κ3) is 8.69. The van der Waals surface area contributed by atoms with Gasteiger partial charge in [0.2, 0.25) is 29.5 Å². The van der Waals surface area contributed by atoms with Crippen LogP contribution >= 0.6 is 0 Å². The number of aromatic nitrogens is 3. The third-order valence-corrected chi connectivity index (χ3v) is 19.5. The van der Waals surface area contributed by atoms with Crippen LogP contribution in [0, 0.1) is 11.3 Å². The quantitative estimate of drug-likeness (QED) is 0.145. The van der Waals surface area contributed by atoms with Gasteiger partial charge in [-0.05, 0) is 139 Å². The van der Waals surface area contributed by atoms with Crippen molar-refractivity contribution in [1.29, 1.82) is 0 Å². The Labute approximate surface area is 440 Å². The number of benzene rings is 2. The summed E-state index contributed by atoms with van der Waals surface area (Å²) in [4.78, 5) is 89.3. The molecule has 2 aromatic carbocycles. The van der Waals surface area contributed by atoms with Crippen LogP contribution in [-0.4, -0.2) is 141 Å². The number of fused-ring (bicyclic) bond motifs is 5. The van der Waals surface area contributed by atoms with E-state index in [1.54, 1.807) is 0 Å². The molecule has 2 bridgehead atoms. The number of morpholine rings is 1. The van der Waals surface area contributed by atoms with Gasteiger partial charge in [-0.15, -0.1) is 0 Å². The van der Waals surface area contributed by atoms with Gasteiger partial charge in [0.1, 0.15) is 5.52 Å². The van der Waals surface area contributed by atoms with Crippen molar-refractivity contribution in [2.75, 3.05) is 67.6 Å². The summed E-state index contributed by atoms with van der Waals surface area (Å²) in [7, 11) is 0. The van der Waals surface area contributed by atoms with E-state index < -0.39 is 10.8 Å². The van der Waals surface area contributed by atoms with Crippen molar-refractivity contribution in [3.8, 4) is 11.3 Å². The lowest BCUT2D eigenvalue weighted by atomic mass is 9.72. The molecule has 7 aliphatic heterocycles. The number of imide groups is 1. The first-order valence-electron chi connectivity index (χ1n) is 28.6. The second kappa shape index (κ2) is 19.0. The van der Waals surface area contributed by atoms with E-state index in [1.165, 1.54) is 12.8 Å². The first-order chi connectivity index (χ1) is 36.3. The monoisotopic (exact) mass is 1020 g/mol. The maximum Gasteiger partial charge on any atom is 0.238 e. The Morgan fingerprint density at radius 3 is 2.19 bits per heavy atom. The SMILES string of the molecule is CC(C)n1cnc2cc(-c3ccc4c(c3)N(C3CC(N5C6CC[C@H]5COC6)C3)C(=O)C43CCN(C(=O)C4(C)CCN(C(=O)CC5CCN(c6ccc([C@H]7CCC(=O)NC7=O)cc6)CC5)CC4)CC3)nc(NC3CC3)c21. The molecule has 1 spiro atoms. The molecule has 9 heterocycles. The van der Waals surface area contributed by atoms with Crippen molar-refractivity contribution in [2.45, 2.75) is 165 Å². The Bertz CT molecular complexity index is 2890. The number of amides is 5. The van der Waals surface area contributed by atoms with Gasteiger partial charge in [0, 0.05) is 111 Å². The highest BCUT2D eigenvalue weighted by Gasteiger charge is 2.57. The zero-order valence-corrected chi connectivity index (χ0v) is 44.1. The molecule has 16 heteroatoms. The molecule has 75 heavy (non-hydrogen) atoms. The summed E-state index contributed by atoms with van der Waals surface area (Å²) >= 11 is 0. The number of nitrogens with zero attached hydrogens (tertiary/aromatic N) is 8. The van der Waals surface area contributed by atoms with E-state index in [-0.39, 0.29) is 47.5 Å². The number of nitrogens with one attached hydrogen (secondary N) is 2. The molecule has 3 atom stereocenters. The number of anilines is 3. The lowest BCUT2D eigenvalue weighted by Gasteiger charge is -2.50. The Kier molecular flexibility index (Phi) is 12.3. The Morgan fingerprint density at radius 2 is 1.51 bits per heavy atom. The fourth-order valence-corrected chi connectivity index (χ4v) is 14.6. The van der Waals surface area contributed by atoms with E-state index in [1.807, 2.05) is 28.3 Å². The molecular weight excluding hydrogens is 945 g/mol. The van der Waals surface area contributed by atoms with Gasteiger partial charge in [0.05, 0.1) is 42.1 Å². The second-order valence-electron chi connectivity index (χ2n) is 24.5. The summed E-state index contributed by atoms with van der Waals surface area (Å²) in [6, 6.07) is 19.0. The number of carbonyl (C=O) groups excluding carboxylic acids is 5. The second-order valence-corrected chi connectivity index (χ2v) is 24.5. The van der Waals surface area contributed by atoms with Gasteiger partial charge in [-0.25, -0.2) is 9.97 Å². The van der Waals surface area contributed by atoms with Crippen molar-refractivity contribution in [3.05, 3.63) is 66.0 Å². The van der Waals surface area contributed by atoms with Crippen molar-refractivity contribution in [3.63, 3.8) is 0 Å². The summed E-state index contributed by atoms with van der Waals surface area (Å²) in [6.07, 6.45) is 14.2. The first-order valence-corrected chi connectivity index (χ1v) is 28.6. The number of likely N-dealkylation sites (tertiary alicyclic amines) is 2. The van der Waals surface area contributed by atoms with Gasteiger partial charge in [-0.3, -0.25) is 34.2 Å². The lowest BCUT2D eigenvalue weighted by molar-refractivity contribution is -0.149. The summed E-state index contributed by atoms with van der Waals surface area (Å²) < 4.78 is 8.16. The minimum atomic E-state index is -0.699. The number of piperidine rings is 4. The molecule has 0 radical (unpaired) electrons. The maximum absolute atomic E-state index is 15.4. The fraction of sp³-hybridized carbons (Fsp3) is 0.610. The van der Waals surface area contributed by atoms with E-state index in [9.17, 15) is 19.2 Å². The van der Waals surface area contributed by atoms with Crippen LogP contribution in [-0.2, 0) is 34.1 Å². The first kappa shape index (κ1) is 48.8. The van der Waals surface area contributed by atoms with Crippen LogP contribution in [0.4, 0.5) is 17.2 Å². The van der Waals surface area contributed by atoms with Crippen molar-refractivity contribution >= 4 is 57.8 Å². The Balaban J connectivity index is 0.661. The number of rotatable bonds is 11. The van der Waals surface area contributed by atoms with Crippen molar-refractivity contribution < 1.29 is 28.7 Å². The minimum Gasteiger partial charge on any atom is -0.378 e. The normalized spacial score (nSPS) is 27.8. The van der Waals surface area contributed by atoms with Crippen molar-refractivity contribution in [1.82, 2.24) is 34.6 Å². The smallest absolute Gasteiger partial charge is 0.238 e. The summed E-state index contributed by atoms with van der Waals surface area (Å²) in [5, 5.41) is 6.17. The molecule has 9 aliphatic rings. The van der Waals surface area contributed by atoms with Gasteiger partial charge < -0.3 is 34.2 Å². The molecule has 5 amide bonds. The average molecular weight is 1020 g/mol. The fourth-order valence-electron chi connectivity index (χ4n) is 14.6. The number of carbonyl (C=O) groups is 5. The number of pyridine rings is 1. The van der Waals surface area contributed by atoms with E-state index in [0.29, 0.717) is 101 Å². The van der Waals surface area contributed by atoms with E-state index in [0.717, 1.165) is 115 Å². The summed E-state index contributed by atoms with van der Waals surface area (Å²) in [5.74, 6) is 0.996. The molecule has 2 aliphatic carbocycles. The highest BCUT2D eigenvalue weighted by molar-refractivity contribution is 6.09. The van der Waals surface area contributed by atoms with Crippen LogP contribution in [0.2, 0.25) is 0 Å². The standard InChI is InChI=1S/C59H74N10O6/c1-36(2)67-35-60-49-32-48(62-54(53(49)67)61-40-7-8-40)39-6-14-47-50(29-39)69(45-30-44(31-45)68-42-11-12-43(68)34-75-33-42)57(74)59(47)20-26-66(27-21-59)56(73)58(3)18-24-65(25-19-58)52(71)28-37-16-22-64(23-17-37)41-9-4-38(5-10-41)46-13-15-51(70)63-55(46)72/h4-6,9-10,14,29,32,35-37,40,42-46H,7-8,11-13,15-28,30-31,33-34H2,1-3H3,(H,61,62)(H,63,70,72)/t42-,43?,44?,45?,46+/m0/s1. The van der Waals surface area contributed by atoms with Crippen LogP contribution in [0.1, 0.15) is 140 Å². The van der Waals surface area contributed by atoms with Gasteiger partial charge in [0.15, 0.2) is 5.82 Å². The maximum atomic E-state index is 15.4. The molecule has 1 unspecified atom stereocenters. The lowest BCUT2D eigenvalue weighted by Crippen LogP contribution is -2.62. The molecule has 396 valence electrons. The van der Waals surface area contributed by atoms with E-state index in [4.69, 9.17) is 14.7 Å². The van der Waals surface area contributed by atoms with Gasteiger partial charge in [0.25, 0.3) is 0 Å². The highest BCUT2D eigenvalue weighted by atomic mass is 16.5. The molecule has 6 saturated heterocycles. The highest BCUT2D eigenvalue weighted by Crippen LogP contribution is 2.53. The molecule has 2 N–H and O–H groups in total. The Hall–Kier alpha value is -5.87. The average Bonchev–Trinajstić information content (AvgIpc) is 4.03. The molecule has 16 nitrogen and oxygen atoms in total. The van der Waals surface area contributed by atoms with Gasteiger partial charge in [-0.2, -0.15) is 0 Å². The van der Waals surface area contributed by atoms with E-state index >= 15 is 4.79 Å². The molecular formula is C59H74N10O6. The number of hydrogen-bond donors (Lipinski definition) is 2. The minimum absolute atomic E-state index is 0.111. The number of hydrogen-bond acceptors (Lipinski definition) is 11. The Morgan fingerprint density at radius 1 is 0.800 bits per heavy atom. The number of ether oxygens (including phenoxy) is 1. The zero-order chi connectivity index (χ0) is 51.3. The molecule has 2 saturated carbocycles. The van der Waals surface area contributed by atoms with Crippen LogP contribution in [0.3, 0.4) is 0 Å². The topological polar surface area (TPSA) is 166 Å².